The summed E-state index contributed by atoms with van der Waals surface area (Å²) in [6.45, 7) is 10.3. The maximum Gasteiger partial charge on any atom is 0.352 e. The van der Waals surface area contributed by atoms with E-state index in [9.17, 15) is 19.5 Å². The highest BCUT2D eigenvalue weighted by atomic mass is 32.2. The molecule has 2 saturated heterocycles. The van der Waals surface area contributed by atoms with E-state index in [-0.39, 0.29) is 22.2 Å². The minimum Gasteiger partial charge on any atom is -0.477 e. The fraction of sp³-hybridized carbons (Fsp3) is 0.600. The van der Waals surface area contributed by atoms with Crippen molar-refractivity contribution in [3.05, 3.63) is 22.3 Å². The van der Waals surface area contributed by atoms with Crippen LogP contribution in [0.15, 0.2) is 27.0 Å². The molecule has 0 bridgehead atoms. The molecule has 0 spiro atoms. The number of nitrogens with one attached hydrogen (secondary N) is 1. The fourth-order valence-corrected chi connectivity index (χ4v) is 8.17. The number of carboxylic acids is 1. The zero-order valence-corrected chi connectivity index (χ0v) is 27.0. The van der Waals surface area contributed by atoms with Crippen LogP contribution >= 0.6 is 34.9 Å². The maximum atomic E-state index is 13.1. The molecular weight excluding hydrogens is 631 g/mol. The largest absolute Gasteiger partial charge is 0.477 e. The number of fused-ring (bicyclic) bond motifs is 1. The predicted molar refractivity (Wildman–Crippen MR) is 166 cm³/mol. The molecule has 3 aliphatic heterocycles. The van der Waals surface area contributed by atoms with Crippen LogP contribution < -0.4 is 11.1 Å². The number of anilines is 1. The number of hydrogen-bond acceptors (Lipinski definition) is 15. The van der Waals surface area contributed by atoms with Gasteiger partial charge in [0.15, 0.2) is 10.8 Å². The summed E-state index contributed by atoms with van der Waals surface area (Å²) >= 11 is 3.85. The van der Waals surface area contributed by atoms with Crippen LogP contribution in [0.2, 0.25) is 0 Å². The summed E-state index contributed by atoms with van der Waals surface area (Å²) in [6.07, 6.45) is 0.892. The Kier molecular flexibility index (Phi) is 10.4. The Morgan fingerprint density at radius 2 is 2.05 bits per heavy atom. The third kappa shape index (κ3) is 7.01. The summed E-state index contributed by atoms with van der Waals surface area (Å²) in [5.41, 5.74) is 6.27. The number of carbonyl (C=O) groups excluding carboxylic acids is 2. The lowest BCUT2D eigenvalue weighted by molar-refractivity contribution is -0.150. The van der Waals surface area contributed by atoms with E-state index in [1.807, 2.05) is 0 Å². The van der Waals surface area contributed by atoms with Crippen molar-refractivity contribution in [1.29, 1.82) is 0 Å². The van der Waals surface area contributed by atoms with Crippen LogP contribution in [0.25, 0.3) is 0 Å². The lowest BCUT2D eigenvalue weighted by atomic mass is 10.0. The molecule has 2 atom stereocenters. The minimum atomic E-state index is -1.21. The number of thiazole rings is 1. The van der Waals surface area contributed by atoms with Crippen LogP contribution in [0, 0.1) is 0 Å². The molecule has 0 aliphatic carbocycles. The van der Waals surface area contributed by atoms with E-state index in [2.05, 4.69) is 54.6 Å². The van der Waals surface area contributed by atoms with Gasteiger partial charge < -0.3 is 25.9 Å². The average molecular weight is 666 g/mol. The van der Waals surface area contributed by atoms with Gasteiger partial charge in [0.1, 0.15) is 29.9 Å². The highest BCUT2D eigenvalue weighted by Crippen LogP contribution is 2.41. The first-order valence-corrected chi connectivity index (χ1v) is 17.0. The molecular formula is C25H35N11O5S3. The van der Waals surface area contributed by atoms with Crippen LogP contribution in [-0.2, 0) is 25.8 Å². The smallest absolute Gasteiger partial charge is 0.352 e. The molecule has 2 fully saturated rings. The Morgan fingerprint density at radius 1 is 1.27 bits per heavy atom. The molecule has 5 heterocycles. The standard InChI is InChI=1S/C25H35N11O5S3/c1-14(2)34-9-7-33(8-10-34)5-4-6-35-25(29-31-32-35)44-12-15-11-42-22-18(21(38)36(22)19(15)23(39)40)28-20(37)17(30-41-3)16-13-43-24(26)27-16/h13-14,18,22H,4-12H2,1-3H3,(H2,26,27)(H,28,37)(H,39,40)/b30-17+. The van der Waals surface area contributed by atoms with Gasteiger partial charge in [0.2, 0.25) is 5.16 Å². The Hall–Kier alpha value is -3.26. The quantitative estimate of drug-likeness (QED) is 0.112. The van der Waals surface area contributed by atoms with Crippen LogP contribution in [0.5, 0.6) is 0 Å². The summed E-state index contributed by atoms with van der Waals surface area (Å²) in [5.74, 6) is -1.75. The SMILES string of the molecule is CO/N=C(/C(=O)NC1C(=O)N2C(C(=O)O)=C(CSc3nnnn3CCCN3CCN(C(C)C)CC3)CSC12)c1csc(N)n1. The number of aliphatic carboxylic acids is 1. The number of hydrogen-bond donors (Lipinski definition) is 3. The molecule has 3 aliphatic rings. The van der Waals surface area contributed by atoms with E-state index in [1.165, 1.54) is 35.5 Å². The Bertz CT molecular complexity index is 1440. The monoisotopic (exact) mass is 665 g/mol. The van der Waals surface area contributed by atoms with Crippen LogP contribution in [0.1, 0.15) is 26.0 Å². The first-order valence-electron chi connectivity index (χ1n) is 14.1. The molecule has 238 valence electrons. The number of rotatable bonds is 13. The number of tetrazole rings is 1. The highest BCUT2D eigenvalue weighted by Gasteiger charge is 2.54. The van der Waals surface area contributed by atoms with Gasteiger partial charge in [-0.15, -0.1) is 28.2 Å². The number of oxime groups is 1. The van der Waals surface area contributed by atoms with Crippen molar-refractivity contribution in [2.45, 2.75) is 49.4 Å². The summed E-state index contributed by atoms with van der Waals surface area (Å²) < 4.78 is 1.74. The minimum absolute atomic E-state index is 0.0747. The molecule has 0 radical (unpaired) electrons. The number of carbonyl (C=O) groups is 3. The van der Waals surface area contributed by atoms with Crippen molar-refractivity contribution in [2.24, 2.45) is 5.16 Å². The summed E-state index contributed by atoms with van der Waals surface area (Å²) in [5, 5.41) is 30.3. The number of piperazine rings is 1. The van der Waals surface area contributed by atoms with Gasteiger partial charge in [0, 0.05) is 62.2 Å². The molecule has 16 nitrogen and oxygen atoms in total. The number of thioether (sulfide) groups is 2. The van der Waals surface area contributed by atoms with Crippen molar-refractivity contribution in [1.82, 2.24) is 45.2 Å². The molecule has 5 rings (SSSR count). The second-order valence-electron chi connectivity index (χ2n) is 10.6. The van der Waals surface area contributed by atoms with Crippen LogP contribution in [0.4, 0.5) is 5.13 Å². The van der Waals surface area contributed by atoms with E-state index in [0.29, 0.717) is 34.8 Å². The number of aromatic nitrogens is 5. The molecule has 2 amide bonds. The van der Waals surface area contributed by atoms with Crippen molar-refractivity contribution in [2.75, 3.05) is 57.1 Å². The van der Waals surface area contributed by atoms with E-state index in [1.54, 1.807) is 10.1 Å². The fourth-order valence-electron chi connectivity index (χ4n) is 5.24. The zero-order valence-electron chi connectivity index (χ0n) is 24.6. The Balaban J connectivity index is 1.17. The van der Waals surface area contributed by atoms with Gasteiger partial charge in [-0.3, -0.25) is 19.4 Å². The van der Waals surface area contributed by atoms with Crippen molar-refractivity contribution < 1.29 is 24.3 Å². The lowest BCUT2D eigenvalue weighted by Gasteiger charge is -2.49. The highest BCUT2D eigenvalue weighted by molar-refractivity contribution is 8.01. The molecule has 44 heavy (non-hydrogen) atoms. The molecule has 2 aromatic heterocycles. The number of nitrogens with zero attached hydrogens (tertiary/aromatic N) is 9. The molecule has 0 aromatic carbocycles. The lowest BCUT2D eigenvalue weighted by Crippen LogP contribution is -2.71. The second kappa shape index (κ2) is 14.2. The average Bonchev–Trinajstić information content (AvgIpc) is 3.65. The normalized spacial score (nSPS) is 21.4. The first kappa shape index (κ1) is 32.1. The molecule has 2 aromatic rings. The third-order valence-corrected chi connectivity index (χ3v) is 10.6. The number of amides is 2. The van der Waals surface area contributed by atoms with E-state index < -0.39 is 29.2 Å². The van der Waals surface area contributed by atoms with Gasteiger partial charge in [0.25, 0.3) is 11.8 Å². The van der Waals surface area contributed by atoms with E-state index in [4.69, 9.17) is 10.6 Å². The van der Waals surface area contributed by atoms with E-state index >= 15 is 0 Å². The Labute approximate surface area is 266 Å². The number of carboxylic acid groups (broad SMARTS) is 1. The van der Waals surface area contributed by atoms with Gasteiger partial charge >= 0.3 is 5.97 Å². The van der Waals surface area contributed by atoms with Gasteiger partial charge in [-0.1, -0.05) is 16.9 Å². The zero-order chi connectivity index (χ0) is 31.4. The number of nitrogen functional groups attached to an aromatic ring is 1. The molecule has 0 saturated carbocycles. The number of β-lactam (4-membered cyclic amide) rings is 1. The number of aryl methyl sites for hydroxylation is 1. The van der Waals surface area contributed by atoms with Gasteiger partial charge in [0.05, 0.1) is 0 Å². The predicted octanol–water partition coefficient (Wildman–Crippen LogP) is 0.00930. The summed E-state index contributed by atoms with van der Waals surface area (Å²) in [6, 6.07) is -0.372. The summed E-state index contributed by atoms with van der Waals surface area (Å²) in [7, 11) is 1.29. The summed E-state index contributed by atoms with van der Waals surface area (Å²) in [4.78, 5) is 53.5. The van der Waals surface area contributed by atoms with Crippen LogP contribution in [-0.4, -0.2) is 137 Å². The van der Waals surface area contributed by atoms with Gasteiger partial charge in [-0.05, 0) is 36.3 Å². The van der Waals surface area contributed by atoms with Crippen LogP contribution in [0.3, 0.4) is 0 Å². The third-order valence-electron chi connectivity index (χ3n) is 7.55. The topological polar surface area (TPSA) is 197 Å². The van der Waals surface area contributed by atoms with Crippen molar-refractivity contribution >= 4 is 63.5 Å². The van der Waals surface area contributed by atoms with Crippen molar-refractivity contribution in [3.63, 3.8) is 0 Å². The van der Waals surface area contributed by atoms with Gasteiger partial charge in [-0.2, -0.15) is 0 Å². The van der Waals surface area contributed by atoms with Crippen molar-refractivity contribution in [3.8, 4) is 0 Å². The van der Waals surface area contributed by atoms with E-state index in [0.717, 1.165) is 50.5 Å². The second-order valence-corrected chi connectivity index (χ2v) is 13.5. The maximum absolute atomic E-state index is 13.1. The molecule has 19 heteroatoms. The molecule has 4 N–H and O–H groups in total. The number of nitrogens with two attached hydrogens (primary N) is 1. The molecule has 2 unspecified atom stereocenters. The Morgan fingerprint density at radius 3 is 2.70 bits per heavy atom. The van der Waals surface area contributed by atoms with Gasteiger partial charge in [-0.25, -0.2) is 14.5 Å². The first-order chi connectivity index (χ1) is 21.2.